The quantitative estimate of drug-likeness (QED) is 0.611. The van der Waals surface area contributed by atoms with Crippen molar-refractivity contribution in [2.75, 3.05) is 51.4 Å². The van der Waals surface area contributed by atoms with Gasteiger partial charge in [-0.15, -0.1) is 0 Å². The van der Waals surface area contributed by atoms with Crippen LogP contribution in [0.5, 0.6) is 0 Å². The maximum atomic E-state index is 11.3. The maximum absolute atomic E-state index is 11.3. The van der Waals surface area contributed by atoms with Crippen LogP contribution < -0.4 is 5.32 Å². The van der Waals surface area contributed by atoms with Crippen molar-refractivity contribution in [3.63, 3.8) is 0 Å². The van der Waals surface area contributed by atoms with Crippen LogP contribution >= 0.6 is 0 Å². The first-order chi connectivity index (χ1) is 12.6. The van der Waals surface area contributed by atoms with E-state index in [9.17, 15) is 15.4 Å². The molecule has 2 heterocycles. The van der Waals surface area contributed by atoms with Gasteiger partial charge in [0.15, 0.2) is 0 Å². The zero-order valence-corrected chi connectivity index (χ0v) is 14.9. The number of nitriles is 1. The molecule has 0 spiro atoms. The van der Waals surface area contributed by atoms with E-state index in [2.05, 4.69) is 10.2 Å². The molecule has 0 radical (unpaired) electrons. The molecule has 2 aliphatic heterocycles. The number of hydrogen-bond acceptors (Lipinski definition) is 7. The lowest BCUT2D eigenvalue weighted by Crippen LogP contribution is -2.50. The van der Waals surface area contributed by atoms with Crippen LogP contribution in [0.4, 0.5) is 11.4 Å². The Morgan fingerprint density at radius 1 is 1.38 bits per heavy atom. The summed E-state index contributed by atoms with van der Waals surface area (Å²) in [7, 11) is 0. The lowest BCUT2D eigenvalue weighted by Gasteiger charge is -2.37. The molecule has 26 heavy (non-hydrogen) atoms. The number of anilines is 1. The van der Waals surface area contributed by atoms with Crippen molar-refractivity contribution in [1.82, 2.24) is 4.90 Å². The number of nitrogens with zero attached hydrogens (tertiary/aromatic N) is 3. The molecule has 8 nitrogen and oxygen atoms in total. The third kappa shape index (κ3) is 4.12. The van der Waals surface area contributed by atoms with E-state index in [1.807, 2.05) is 6.07 Å². The van der Waals surface area contributed by atoms with Gasteiger partial charge < -0.3 is 14.8 Å². The lowest BCUT2D eigenvalue weighted by molar-refractivity contribution is -0.385. The molecule has 0 aliphatic carbocycles. The summed E-state index contributed by atoms with van der Waals surface area (Å²) in [4.78, 5) is 13.2. The summed E-state index contributed by atoms with van der Waals surface area (Å²) in [6.45, 7) is 7.07. The van der Waals surface area contributed by atoms with Gasteiger partial charge in [-0.3, -0.25) is 15.0 Å². The van der Waals surface area contributed by atoms with Gasteiger partial charge in [0.25, 0.3) is 5.69 Å². The van der Waals surface area contributed by atoms with Crippen LogP contribution in [0, 0.1) is 34.3 Å². The molecule has 8 heteroatoms. The van der Waals surface area contributed by atoms with E-state index in [-0.39, 0.29) is 17.3 Å². The van der Waals surface area contributed by atoms with Gasteiger partial charge >= 0.3 is 0 Å². The van der Waals surface area contributed by atoms with E-state index in [4.69, 9.17) is 9.47 Å². The Kier molecular flexibility index (Phi) is 6.04. The summed E-state index contributed by atoms with van der Waals surface area (Å²) in [6, 6.07) is 5.28. The van der Waals surface area contributed by atoms with Gasteiger partial charge in [-0.25, -0.2) is 0 Å². The third-order valence-corrected chi connectivity index (χ3v) is 5.23. The van der Waals surface area contributed by atoms with E-state index in [0.29, 0.717) is 23.7 Å². The molecule has 2 unspecified atom stereocenters. The number of rotatable bonds is 6. The van der Waals surface area contributed by atoms with Crippen molar-refractivity contribution >= 4 is 11.4 Å². The predicted molar refractivity (Wildman–Crippen MR) is 96.1 cm³/mol. The van der Waals surface area contributed by atoms with Gasteiger partial charge in [-0.05, 0) is 19.4 Å². The number of morpholine rings is 1. The minimum absolute atomic E-state index is 0.0290. The Labute approximate surface area is 152 Å². The highest BCUT2D eigenvalue weighted by Gasteiger charge is 2.31. The molecule has 2 fully saturated rings. The molecule has 3 rings (SSSR count). The van der Waals surface area contributed by atoms with Crippen LogP contribution in [0.25, 0.3) is 0 Å². The number of benzene rings is 1. The van der Waals surface area contributed by atoms with Crippen LogP contribution in [0.3, 0.4) is 0 Å². The van der Waals surface area contributed by atoms with E-state index >= 15 is 0 Å². The molecule has 0 bridgehead atoms. The standard InChI is InChI=1S/C18H24N4O4/c1-13-16(8-14(10-19)9-17(13)22(23)24)20-11-18(15-2-5-26-12-15)21-3-6-25-7-4-21/h8-9,15,18,20H,2-7,11-12H2,1H3. The molecule has 2 aliphatic rings. The number of nitro groups is 1. The second-order valence-corrected chi connectivity index (χ2v) is 6.76. The second kappa shape index (κ2) is 8.45. The molecule has 1 aromatic carbocycles. The molecule has 2 atom stereocenters. The van der Waals surface area contributed by atoms with E-state index in [1.165, 1.54) is 6.07 Å². The Morgan fingerprint density at radius 2 is 2.15 bits per heavy atom. The van der Waals surface area contributed by atoms with Crippen LogP contribution in [0.15, 0.2) is 12.1 Å². The van der Waals surface area contributed by atoms with Gasteiger partial charge in [0.2, 0.25) is 0 Å². The van der Waals surface area contributed by atoms with Gasteiger partial charge in [0.05, 0.1) is 36.4 Å². The lowest BCUT2D eigenvalue weighted by atomic mass is 9.96. The number of ether oxygens (including phenoxy) is 2. The summed E-state index contributed by atoms with van der Waals surface area (Å²) in [5, 5.41) is 23.8. The zero-order valence-electron chi connectivity index (χ0n) is 14.9. The van der Waals surface area contributed by atoms with E-state index in [0.717, 1.165) is 45.9 Å². The fourth-order valence-electron chi connectivity index (χ4n) is 3.71. The highest BCUT2D eigenvalue weighted by Crippen LogP contribution is 2.29. The molecule has 0 aromatic heterocycles. The number of nitro benzene ring substituents is 1. The van der Waals surface area contributed by atoms with Gasteiger partial charge in [-0.1, -0.05) is 0 Å². The molecule has 1 N–H and O–H groups in total. The van der Waals surface area contributed by atoms with Crippen molar-refractivity contribution in [2.45, 2.75) is 19.4 Å². The summed E-state index contributed by atoms with van der Waals surface area (Å²) in [5.74, 6) is 0.426. The predicted octanol–water partition coefficient (Wildman–Crippen LogP) is 1.92. The zero-order chi connectivity index (χ0) is 18.5. The fourth-order valence-corrected chi connectivity index (χ4v) is 3.71. The Balaban J connectivity index is 1.79. The molecule has 1 aromatic rings. The van der Waals surface area contributed by atoms with Crippen molar-refractivity contribution in [1.29, 1.82) is 5.26 Å². The van der Waals surface area contributed by atoms with Crippen LogP contribution in [-0.2, 0) is 9.47 Å². The molecule has 2 saturated heterocycles. The van der Waals surface area contributed by atoms with Gasteiger partial charge in [0.1, 0.15) is 0 Å². The first-order valence-corrected chi connectivity index (χ1v) is 8.92. The Morgan fingerprint density at radius 3 is 2.77 bits per heavy atom. The monoisotopic (exact) mass is 360 g/mol. The Bertz CT molecular complexity index is 691. The molecule has 0 amide bonds. The van der Waals surface area contributed by atoms with Gasteiger partial charge in [-0.2, -0.15) is 5.26 Å². The highest BCUT2D eigenvalue weighted by atomic mass is 16.6. The van der Waals surface area contributed by atoms with Gasteiger partial charge in [0, 0.05) is 55.5 Å². The molecule has 140 valence electrons. The minimum Gasteiger partial charge on any atom is -0.383 e. The van der Waals surface area contributed by atoms with E-state index in [1.54, 1.807) is 13.0 Å². The normalized spacial score (nSPS) is 21.9. The van der Waals surface area contributed by atoms with Crippen LogP contribution in [-0.4, -0.2) is 61.9 Å². The summed E-state index contributed by atoms with van der Waals surface area (Å²) in [5.41, 5.74) is 1.46. The average molecular weight is 360 g/mol. The molecular weight excluding hydrogens is 336 g/mol. The van der Waals surface area contributed by atoms with Crippen LogP contribution in [0.2, 0.25) is 0 Å². The van der Waals surface area contributed by atoms with Crippen molar-refractivity contribution in [2.24, 2.45) is 5.92 Å². The largest absolute Gasteiger partial charge is 0.383 e. The first-order valence-electron chi connectivity index (χ1n) is 8.92. The molecular formula is C18H24N4O4. The summed E-state index contributed by atoms with van der Waals surface area (Å²) >= 11 is 0. The minimum atomic E-state index is -0.439. The van der Waals surface area contributed by atoms with Crippen LogP contribution in [0.1, 0.15) is 17.5 Å². The topological polar surface area (TPSA) is 101 Å². The summed E-state index contributed by atoms with van der Waals surface area (Å²) < 4.78 is 11.0. The van der Waals surface area contributed by atoms with Crippen molar-refractivity contribution in [3.05, 3.63) is 33.4 Å². The maximum Gasteiger partial charge on any atom is 0.275 e. The van der Waals surface area contributed by atoms with Crippen molar-refractivity contribution < 1.29 is 14.4 Å². The Hall–Kier alpha value is -2.21. The number of hydrogen-bond donors (Lipinski definition) is 1. The highest BCUT2D eigenvalue weighted by molar-refractivity contribution is 5.64. The first kappa shape index (κ1) is 18.6. The average Bonchev–Trinajstić information content (AvgIpc) is 3.18. The third-order valence-electron chi connectivity index (χ3n) is 5.23. The van der Waals surface area contributed by atoms with E-state index < -0.39 is 4.92 Å². The smallest absolute Gasteiger partial charge is 0.275 e. The summed E-state index contributed by atoms with van der Waals surface area (Å²) in [6.07, 6.45) is 1.01. The fraction of sp³-hybridized carbons (Fsp3) is 0.611. The van der Waals surface area contributed by atoms with Crippen molar-refractivity contribution in [3.8, 4) is 6.07 Å². The SMILES string of the molecule is Cc1c(NCC(C2CCOC2)N2CCOCC2)cc(C#N)cc1[N+](=O)[O-]. The molecule has 0 saturated carbocycles. The number of nitrogens with one attached hydrogen (secondary N) is 1. The second-order valence-electron chi connectivity index (χ2n) is 6.76.